The van der Waals surface area contributed by atoms with Gasteiger partial charge in [0.15, 0.2) is 0 Å². The van der Waals surface area contributed by atoms with Crippen LogP contribution in [0.5, 0.6) is 5.75 Å². The van der Waals surface area contributed by atoms with Gasteiger partial charge >= 0.3 is 5.63 Å². The maximum absolute atomic E-state index is 11.8. The summed E-state index contributed by atoms with van der Waals surface area (Å²) in [6, 6.07) is 9.69. The topological polar surface area (TPSA) is 56.8 Å². The van der Waals surface area contributed by atoms with Crippen LogP contribution in [0.1, 0.15) is 29.3 Å². The van der Waals surface area contributed by atoms with E-state index in [1.165, 1.54) is 4.90 Å². The second-order valence-electron chi connectivity index (χ2n) is 6.52. The summed E-state index contributed by atoms with van der Waals surface area (Å²) in [5.74, 6) is 0.855. The van der Waals surface area contributed by atoms with Gasteiger partial charge in [0.2, 0.25) is 6.73 Å². The predicted octanol–water partition coefficient (Wildman–Crippen LogP) is 1.99. The number of quaternary nitrogens is 1. The summed E-state index contributed by atoms with van der Waals surface area (Å²) >= 11 is 0. The first-order valence-electron chi connectivity index (χ1n) is 8.61. The van der Waals surface area contributed by atoms with Crippen LogP contribution in [-0.2, 0) is 19.5 Å². The molecule has 0 saturated carbocycles. The van der Waals surface area contributed by atoms with Crippen LogP contribution < -0.4 is 15.3 Å². The summed E-state index contributed by atoms with van der Waals surface area (Å²) in [6.45, 7) is 6.28. The molecule has 25 heavy (non-hydrogen) atoms. The summed E-state index contributed by atoms with van der Waals surface area (Å²) in [5, 5.41) is 1.01. The number of rotatable bonds is 3. The Labute approximate surface area is 145 Å². The average molecular weight is 337 g/mol. The van der Waals surface area contributed by atoms with Crippen molar-refractivity contribution in [2.45, 2.75) is 33.4 Å². The lowest BCUT2D eigenvalue weighted by atomic mass is 9.99. The Bertz CT molecular complexity index is 980. The predicted molar refractivity (Wildman–Crippen MR) is 94.7 cm³/mol. The number of fused-ring (bicyclic) bond motifs is 2. The number of hydrogen-bond donors (Lipinski definition) is 1. The first kappa shape index (κ1) is 15.8. The summed E-state index contributed by atoms with van der Waals surface area (Å²) in [7, 11) is 0. The van der Waals surface area contributed by atoms with E-state index in [0.29, 0.717) is 12.3 Å². The van der Waals surface area contributed by atoms with Gasteiger partial charge in [-0.2, -0.15) is 0 Å². The van der Waals surface area contributed by atoms with Gasteiger partial charge in [-0.3, -0.25) is 9.88 Å². The van der Waals surface area contributed by atoms with Crippen molar-refractivity contribution in [3.8, 4) is 5.75 Å². The van der Waals surface area contributed by atoms with Crippen molar-refractivity contribution < 1.29 is 14.1 Å². The maximum Gasteiger partial charge on any atom is 0.336 e. The van der Waals surface area contributed by atoms with Gasteiger partial charge in [-0.1, -0.05) is 13.0 Å². The SMILES string of the molecule is CCc1cc(=O)oc2c(C)c3c(cc12)C[NH+](Cc1ccccn1)CO3. The zero-order chi connectivity index (χ0) is 17.4. The molecule has 1 aromatic carbocycles. The number of nitrogens with zero attached hydrogens (tertiary/aromatic N) is 1. The molecule has 5 heteroatoms. The van der Waals surface area contributed by atoms with Crippen LogP contribution in [0.15, 0.2) is 45.7 Å². The molecule has 0 aliphatic carbocycles. The van der Waals surface area contributed by atoms with Crippen LogP contribution in [0.2, 0.25) is 0 Å². The number of aryl methyl sites for hydroxylation is 2. The number of ether oxygens (including phenoxy) is 1. The van der Waals surface area contributed by atoms with Crippen LogP contribution in [0.25, 0.3) is 11.0 Å². The van der Waals surface area contributed by atoms with E-state index >= 15 is 0 Å². The lowest BCUT2D eigenvalue weighted by Crippen LogP contribution is -3.11. The van der Waals surface area contributed by atoms with E-state index in [9.17, 15) is 4.79 Å². The lowest BCUT2D eigenvalue weighted by Gasteiger charge is -2.27. The standard InChI is InChI=1S/C20H20N2O3/c1-3-14-9-18(23)25-20-13(2)19-15(8-17(14)20)10-22(12-24-19)11-16-6-4-5-7-21-16/h4-9H,3,10-12H2,1-2H3/p+1. The van der Waals surface area contributed by atoms with Crippen molar-refractivity contribution in [3.05, 3.63) is 69.3 Å². The molecule has 1 N–H and O–H groups in total. The molecule has 0 saturated heterocycles. The Morgan fingerprint density at radius 2 is 2.16 bits per heavy atom. The third-order valence-electron chi connectivity index (χ3n) is 4.78. The molecule has 2 aromatic heterocycles. The van der Waals surface area contributed by atoms with Gasteiger partial charge in [-0.05, 0) is 37.1 Å². The van der Waals surface area contributed by atoms with Gasteiger partial charge in [0.1, 0.15) is 24.4 Å². The molecular weight excluding hydrogens is 316 g/mol. The number of nitrogens with one attached hydrogen (secondary N) is 1. The van der Waals surface area contributed by atoms with Crippen LogP contribution in [0.4, 0.5) is 0 Å². The van der Waals surface area contributed by atoms with Gasteiger partial charge in [0.05, 0.1) is 5.69 Å². The van der Waals surface area contributed by atoms with Crippen molar-refractivity contribution >= 4 is 11.0 Å². The molecule has 1 unspecified atom stereocenters. The molecule has 1 atom stereocenters. The van der Waals surface area contributed by atoms with Crippen LogP contribution in [-0.4, -0.2) is 11.7 Å². The van der Waals surface area contributed by atoms with E-state index in [0.717, 1.165) is 53.0 Å². The van der Waals surface area contributed by atoms with Crippen molar-refractivity contribution in [2.75, 3.05) is 6.73 Å². The molecule has 0 radical (unpaired) electrons. The average Bonchev–Trinajstić information content (AvgIpc) is 2.63. The van der Waals surface area contributed by atoms with E-state index < -0.39 is 0 Å². The molecule has 1 aliphatic heterocycles. The molecule has 0 amide bonds. The molecule has 128 valence electrons. The normalized spacial score (nSPS) is 16.5. The minimum absolute atomic E-state index is 0.300. The second kappa shape index (κ2) is 6.33. The maximum atomic E-state index is 11.8. The molecule has 3 heterocycles. The summed E-state index contributed by atoms with van der Waals surface area (Å²) in [5.41, 5.74) is 4.50. The molecule has 3 aromatic rings. The number of pyridine rings is 1. The molecule has 5 nitrogen and oxygen atoms in total. The minimum Gasteiger partial charge on any atom is -0.444 e. The molecule has 0 spiro atoms. The van der Waals surface area contributed by atoms with Crippen LogP contribution in [0.3, 0.4) is 0 Å². The Balaban J connectivity index is 1.73. The quantitative estimate of drug-likeness (QED) is 0.743. The molecule has 0 fully saturated rings. The largest absolute Gasteiger partial charge is 0.444 e. The van der Waals surface area contributed by atoms with Gasteiger partial charge in [0.25, 0.3) is 0 Å². The zero-order valence-electron chi connectivity index (χ0n) is 14.5. The van der Waals surface area contributed by atoms with Gasteiger partial charge in [-0.15, -0.1) is 0 Å². The number of aromatic nitrogens is 1. The Kier molecular flexibility index (Phi) is 4.01. The van der Waals surface area contributed by atoms with Crippen molar-refractivity contribution in [3.63, 3.8) is 0 Å². The number of hydrogen-bond acceptors (Lipinski definition) is 4. The molecule has 4 rings (SSSR count). The Morgan fingerprint density at radius 3 is 2.92 bits per heavy atom. The highest BCUT2D eigenvalue weighted by Gasteiger charge is 2.25. The highest BCUT2D eigenvalue weighted by Crippen LogP contribution is 2.33. The first-order valence-corrected chi connectivity index (χ1v) is 8.61. The molecular formula is C20H21N2O3+. The third kappa shape index (κ3) is 2.91. The van der Waals surface area contributed by atoms with Crippen LogP contribution >= 0.6 is 0 Å². The fourth-order valence-corrected chi connectivity index (χ4v) is 3.56. The fourth-order valence-electron chi connectivity index (χ4n) is 3.56. The summed E-state index contributed by atoms with van der Waals surface area (Å²) in [4.78, 5) is 17.5. The fraction of sp³-hybridized carbons (Fsp3) is 0.300. The second-order valence-corrected chi connectivity index (χ2v) is 6.52. The molecule has 0 bridgehead atoms. The Hall–Kier alpha value is -2.66. The van der Waals surface area contributed by atoms with Crippen LogP contribution in [0, 0.1) is 6.92 Å². The monoisotopic (exact) mass is 337 g/mol. The van der Waals surface area contributed by atoms with Gasteiger partial charge < -0.3 is 9.15 Å². The van der Waals surface area contributed by atoms with E-state index in [2.05, 4.69) is 18.0 Å². The van der Waals surface area contributed by atoms with E-state index in [-0.39, 0.29) is 5.63 Å². The minimum atomic E-state index is -0.300. The van der Waals surface area contributed by atoms with Crippen molar-refractivity contribution in [2.24, 2.45) is 0 Å². The smallest absolute Gasteiger partial charge is 0.336 e. The third-order valence-corrected chi connectivity index (χ3v) is 4.78. The van der Waals surface area contributed by atoms with E-state index in [4.69, 9.17) is 9.15 Å². The Morgan fingerprint density at radius 1 is 1.28 bits per heavy atom. The van der Waals surface area contributed by atoms with Crippen molar-refractivity contribution in [1.29, 1.82) is 0 Å². The summed E-state index contributed by atoms with van der Waals surface area (Å²) in [6.07, 6.45) is 2.62. The number of benzene rings is 1. The highest BCUT2D eigenvalue weighted by molar-refractivity contribution is 5.86. The lowest BCUT2D eigenvalue weighted by molar-refractivity contribution is -0.946. The summed E-state index contributed by atoms with van der Waals surface area (Å²) < 4.78 is 11.5. The highest BCUT2D eigenvalue weighted by atomic mass is 16.5. The van der Waals surface area contributed by atoms with Gasteiger partial charge in [-0.25, -0.2) is 4.79 Å². The molecule has 1 aliphatic rings. The van der Waals surface area contributed by atoms with Gasteiger partial charge in [0, 0.05) is 28.8 Å². The first-order chi connectivity index (χ1) is 12.2. The van der Waals surface area contributed by atoms with E-state index in [1.807, 2.05) is 31.3 Å². The van der Waals surface area contributed by atoms with E-state index in [1.54, 1.807) is 6.07 Å². The zero-order valence-corrected chi connectivity index (χ0v) is 14.5. The van der Waals surface area contributed by atoms with Crippen molar-refractivity contribution in [1.82, 2.24) is 4.98 Å².